The van der Waals surface area contributed by atoms with Gasteiger partial charge in [0, 0.05) is 25.7 Å². The summed E-state index contributed by atoms with van der Waals surface area (Å²) in [7, 11) is 2.12. The van der Waals surface area contributed by atoms with Crippen LogP contribution in [0.1, 0.15) is 32.3 Å². The molecule has 1 saturated heterocycles. The Morgan fingerprint density at radius 1 is 1.36 bits per heavy atom. The van der Waals surface area contributed by atoms with E-state index < -0.39 is 0 Å². The Balaban J connectivity index is 1.92. The molecule has 2 rings (SSSR count). The summed E-state index contributed by atoms with van der Waals surface area (Å²) in [4.78, 5) is 16.8. The van der Waals surface area contributed by atoms with Gasteiger partial charge < -0.3 is 15.5 Å². The molecule has 1 aliphatic rings. The molecule has 2 unspecified atom stereocenters. The van der Waals surface area contributed by atoms with Crippen molar-refractivity contribution in [3.8, 4) is 0 Å². The number of carbonyl (C=O) groups is 1. The van der Waals surface area contributed by atoms with E-state index in [0.717, 1.165) is 32.5 Å². The van der Waals surface area contributed by atoms with Crippen molar-refractivity contribution < 1.29 is 4.79 Å². The third-order valence-corrected chi connectivity index (χ3v) is 4.48. The average molecular weight is 303 g/mol. The lowest BCUT2D eigenvalue weighted by molar-refractivity contribution is -0.134. The van der Waals surface area contributed by atoms with Gasteiger partial charge in [0.15, 0.2) is 0 Å². The molecular weight excluding hydrogens is 274 g/mol. The second-order valence-electron chi connectivity index (χ2n) is 6.78. The zero-order valence-electron chi connectivity index (χ0n) is 14.0. The number of rotatable bonds is 6. The van der Waals surface area contributed by atoms with Gasteiger partial charge in [0.2, 0.25) is 5.91 Å². The molecule has 1 aromatic carbocycles. The van der Waals surface area contributed by atoms with Crippen LogP contribution in [-0.2, 0) is 11.3 Å². The van der Waals surface area contributed by atoms with Gasteiger partial charge in [-0.05, 0) is 31.4 Å². The molecule has 2 atom stereocenters. The summed E-state index contributed by atoms with van der Waals surface area (Å²) >= 11 is 0. The Morgan fingerprint density at radius 3 is 2.68 bits per heavy atom. The van der Waals surface area contributed by atoms with Crippen molar-refractivity contribution >= 4 is 5.91 Å². The molecule has 0 saturated carbocycles. The number of hydrogen-bond acceptors (Lipinski definition) is 3. The molecule has 0 aromatic heterocycles. The standard InChI is InChI=1S/C18H29N3O/c1-14(2)17(19)18(22)21-11-7-10-16(21)13-20(3)12-15-8-5-4-6-9-15/h4-6,8-9,14,16-17H,7,10-13,19H2,1-3H3. The van der Waals surface area contributed by atoms with Crippen LogP contribution in [0, 0.1) is 5.92 Å². The van der Waals surface area contributed by atoms with E-state index in [1.54, 1.807) is 0 Å². The molecule has 0 bridgehead atoms. The Kier molecular flexibility index (Phi) is 5.98. The van der Waals surface area contributed by atoms with Crippen LogP contribution in [0.2, 0.25) is 0 Å². The summed E-state index contributed by atoms with van der Waals surface area (Å²) in [5.74, 6) is 0.307. The van der Waals surface area contributed by atoms with E-state index in [-0.39, 0.29) is 17.9 Å². The first kappa shape index (κ1) is 17.0. The van der Waals surface area contributed by atoms with Gasteiger partial charge in [0.05, 0.1) is 6.04 Å². The summed E-state index contributed by atoms with van der Waals surface area (Å²) in [6.07, 6.45) is 2.16. The number of benzene rings is 1. The summed E-state index contributed by atoms with van der Waals surface area (Å²) in [5, 5.41) is 0. The van der Waals surface area contributed by atoms with E-state index in [9.17, 15) is 4.79 Å². The smallest absolute Gasteiger partial charge is 0.240 e. The molecule has 0 spiro atoms. The predicted molar refractivity (Wildman–Crippen MR) is 90.3 cm³/mol. The normalized spacial score (nSPS) is 19.9. The van der Waals surface area contributed by atoms with E-state index in [1.807, 2.05) is 24.8 Å². The van der Waals surface area contributed by atoms with Gasteiger partial charge in [-0.15, -0.1) is 0 Å². The highest BCUT2D eigenvalue weighted by molar-refractivity contribution is 5.82. The van der Waals surface area contributed by atoms with Crippen LogP contribution in [0.4, 0.5) is 0 Å². The Labute approximate surface area is 134 Å². The van der Waals surface area contributed by atoms with Gasteiger partial charge in [0.25, 0.3) is 0 Å². The number of hydrogen-bond donors (Lipinski definition) is 1. The van der Waals surface area contributed by atoms with E-state index in [1.165, 1.54) is 5.56 Å². The molecule has 1 heterocycles. The highest BCUT2D eigenvalue weighted by Crippen LogP contribution is 2.20. The molecule has 4 nitrogen and oxygen atoms in total. The van der Waals surface area contributed by atoms with Gasteiger partial charge in [-0.2, -0.15) is 0 Å². The minimum Gasteiger partial charge on any atom is -0.337 e. The van der Waals surface area contributed by atoms with Crippen LogP contribution in [-0.4, -0.2) is 47.9 Å². The number of likely N-dealkylation sites (tertiary alicyclic amines) is 1. The second-order valence-corrected chi connectivity index (χ2v) is 6.78. The van der Waals surface area contributed by atoms with Gasteiger partial charge in [-0.1, -0.05) is 44.2 Å². The van der Waals surface area contributed by atoms with Crippen LogP contribution in [0.3, 0.4) is 0 Å². The fraction of sp³-hybridized carbons (Fsp3) is 0.611. The molecule has 1 amide bonds. The quantitative estimate of drug-likeness (QED) is 0.875. The van der Waals surface area contributed by atoms with Crippen LogP contribution in [0.25, 0.3) is 0 Å². The van der Waals surface area contributed by atoms with Gasteiger partial charge in [0.1, 0.15) is 0 Å². The third kappa shape index (κ3) is 4.31. The van der Waals surface area contributed by atoms with Crippen molar-refractivity contribution in [3.63, 3.8) is 0 Å². The fourth-order valence-electron chi connectivity index (χ4n) is 3.11. The van der Waals surface area contributed by atoms with Gasteiger partial charge >= 0.3 is 0 Å². The maximum absolute atomic E-state index is 12.5. The monoisotopic (exact) mass is 303 g/mol. The first-order valence-electron chi connectivity index (χ1n) is 8.27. The summed E-state index contributed by atoms with van der Waals surface area (Å²) in [5.41, 5.74) is 7.36. The molecule has 0 radical (unpaired) electrons. The molecule has 22 heavy (non-hydrogen) atoms. The Morgan fingerprint density at radius 2 is 2.05 bits per heavy atom. The Hall–Kier alpha value is -1.39. The maximum Gasteiger partial charge on any atom is 0.240 e. The highest BCUT2D eigenvalue weighted by atomic mass is 16.2. The Bertz CT molecular complexity index is 474. The first-order chi connectivity index (χ1) is 10.5. The molecule has 122 valence electrons. The molecular formula is C18H29N3O. The van der Waals surface area contributed by atoms with Crippen LogP contribution >= 0.6 is 0 Å². The number of carbonyl (C=O) groups excluding carboxylic acids is 1. The lowest BCUT2D eigenvalue weighted by Gasteiger charge is -2.31. The van der Waals surface area contributed by atoms with Crippen LogP contribution in [0.15, 0.2) is 30.3 Å². The van der Waals surface area contributed by atoms with Gasteiger partial charge in [-0.3, -0.25) is 4.79 Å². The number of amides is 1. The lowest BCUT2D eigenvalue weighted by atomic mass is 10.0. The molecule has 0 aliphatic carbocycles. The molecule has 1 aliphatic heterocycles. The van der Waals surface area contributed by atoms with Crippen LogP contribution in [0.5, 0.6) is 0 Å². The minimum absolute atomic E-state index is 0.116. The average Bonchev–Trinajstić information content (AvgIpc) is 2.94. The SMILES string of the molecule is CC(C)C(N)C(=O)N1CCCC1CN(C)Cc1ccccc1. The van der Waals surface area contributed by atoms with Crippen molar-refractivity contribution in [3.05, 3.63) is 35.9 Å². The topological polar surface area (TPSA) is 49.6 Å². The number of nitrogens with two attached hydrogens (primary N) is 1. The van der Waals surface area contributed by atoms with E-state index in [0.29, 0.717) is 6.04 Å². The van der Waals surface area contributed by atoms with Crippen LogP contribution < -0.4 is 5.73 Å². The van der Waals surface area contributed by atoms with Gasteiger partial charge in [-0.25, -0.2) is 0 Å². The minimum atomic E-state index is -0.375. The largest absolute Gasteiger partial charge is 0.337 e. The molecule has 1 fully saturated rings. The number of nitrogens with zero attached hydrogens (tertiary/aromatic N) is 2. The molecule has 2 N–H and O–H groups in total. The second kappa shape index (κ2) is 7.75. The van der Waals surface area contributed by atoms with E-state index >= 15 is 0 Å². The zero-order valence-corrected chi connectivity index (χ0v) is 14.0. The summed E-state index contributed by atoms with van der Waals surface area (Å²) in [6, 6.07) is 10.4. The van der Waals surface area contributed by atoms with Crippen molar-refractivity contribution in [2.45, 2.75) is 45.3 Å². The van der Waals surface area contributed by atoms with Crippen molar-refractivity contribution in [1.82, 2.24) is 9.80 Å². The molecule has 1 aromatic rings. The molecule has 4 heteroatoms. The summed E-state index contributed by atoms with van der Waals surface area (Å²) in [6.45, 7) is 6.69. The zero-order chi connectivity index (χ0) is 16.1. The lowest BCUT2D eigenvalue weighted by Crippen LogP contribution is -2.50. The van der Waals surface area contributed by atoms with Crippen molar-refractivity contribution in [1.29, 1.82) is 0 Å². The maximum atomic E-state index is 12.5. The fourth-order valence-corrected chi connectivity index (χ4v) is 3.11. The third-order valence-electron chi connectivity index (χ3n) is 4.48. The van der Waals surface area contributed by atoms with E-state index in [4.69, 9.17) is 5.73 Å². The first-order valence-corrected chi connectivity index (χ1v) is 8.27. The summed E-state index contributed by atoms with van der Waals surface area (Å²) < 4.78 is 0. The van der Waals surface area contributed by atoms with E-state index in [2.05, 4.69) is 36.2 Å². The number of likely N-dealkylation sites (N-methyl/N-ethyl adjacent to an activating group) is 1. The van der Waals surface area contributed by atoms with Crippen molar-refractivity contribution in [2.24, 2.45) is 11.7 Å². The van der Waals surface area contributed by atoms with Crippen molar-refractivity contribution in [2.75, 3.05) is 20.1 Å². The highest BCUT2D eigenvalue weighted by Gasteiger charge is 2.33. The predicted octanol–water partition coefficient (Wildman–Crippen LogP) is 2.09.